The van der Waals surface area contributed by atoms with Gasteiger partial charge in [-0.2, -0.15) is 0 Å². The van der Waals surface area contributed by atoms with Gasteiger partial charge in [0.25, 0.3) is 5.91 Å². The van der Waals surface area contributed by atoms with Crippen molar-refractivity contribution in [2.45, 2.75) is 53.6 Å². The zero-order chi connectivity index (χ0) is 15.5. The highest BCUT2D eigenvalue weighted by molar-refractivity contribution is 7.13. The van der Waals surface area contributed by atoms with E-state index in [2.05, 4.69) is 18.8 Å². The summed E-state index contributed by atoms with van der Waals surface area (Å²) in [6.45, 7) is 12.4. The summed E-state index contributed by atoms with van der Waals surface area (Å²) in [7, 11) is 0. The number of aromatic nitrogens is 1. The first-order chi connectivity index (χ1) is 9.14. The van der Waals surface area contributed by atoms with Gasteiger partial charge in [-0.3, -0.25) is 4.79 Å². The van der Waals surface area contributed by atoms with E-state index in [-0.39, 0.29) is 5.91 Å². The molecule has 0 spiro atoms. The average Bonchev–Trinajstić information content (AvgIpc) is 2.64. The van der Waals surface area contributed by atoms with Crippen LogP contribution in [0.15, 0.2) is 0 Å². The summed E-state index contributed by atoms with van der Waals surface area (Å²) < 4.78 is 0. The third-order valence-corrected chi connectivity index (χ3v) is 4.03. The van der Waals surface area contributed by atoms with Gasteiger partial charge in [0.15, 0.2) is 0 Å². The van der Waals surface area contributed by atoms with Gasteiger partial charge in [0, 0.05) is 19.5 Å². The van der Waals surface area contributed by atoms with Crippen LogP contribution in [0, 0.1) is 12.8 Å². The Hall–Kier alpha value is -0.940. The lowest BCUT2D eigenvalue weighted by Crippen LogP contribution is -2.42. The number of hydrogen-bond donors (Lipinski definition) is 1. The van der Waals surface area contributed by atoms with E-state index in [0.29, 0.717) is 23.9 Å². The molecule has 5 heteroatoms. The maximum Gasteiger partial charge on any atom is 0.265 e. The first-order valence-corrected chi connectivity index (χ1v) is 7.93. The standard InChI is InChI=1S/C15H26N2O2S/c1-7-17(9-15(5,6)19)14(18)13-11(4)16-12(20-13)8-10(2)3/h10,19H,7-9H2,1-6H3. The number of nitrogens with zero attached hydrogens (tertiary/aromatic N) is 2. The molecule has 0 unspecified atom stereocenters. The number of carbonyl (C=O) groups is 1. The molecule has 4 nitrogen and oxygen atoms in total. The van der Waals surface area contributed by atoms with Gasteiger partial charge in [-0.15, -0.1) is 11.3 Å². The summed E-state index contributed by atoms with van der Waals surface area (Å²) in [5, 5.41) is 10.9. The maximum atomic E-state index is 12.6. The van der Waals surface area contributed by atoms with Gasteiger partial charge in [0.2, 0.25) is 0 Å². The van der Waals surface area contributed by atoms with Crippen molar-refractivity contribution in [3.63, 3.8) is 0 Å². The summed E-state index contributed by atoms with van der Waals surface area (Å²) >= 11 is 1.48. The normalized spacial score (nSPS) is 12.0. The molecular formula is C15H26N2O2S. The summed E-state index contributed by atoms with van der Waals surface area (Å²) in [6.07, 6.45) is 0.899. The van der Waals surface area contributed by atoms with Crippen molar-refractivity contribution in [3.8, 4) is 0 Å². The zero-order valence-electron chi connectivity index (χ0n) is 13.4. The van der Waals surface area contributed by atoms with Crippen molar-refractivity contribution in [1.29, 1.82) is 0 Å². The van der Waals surface area contributed by atoms with Crippen molar-refractivity contribution >= 4 is 17.2 Å². The van der Waals surface area contributed by atoms with Gasteiger partial charge < -0.3 is 10.0 Å². The van der Waals surface area contributed by atoms with Gasteiger partial charge in [-0.25, -0.2) is 4.98 Å². The summed E-state index contributed by atoms with van der Waals surface area (Å²) in [4.78, 5) is 19.4. The molecule has 114 valence electrons. The molecule has 0 aliphatic rings. The van der Waals surface area contributed by atoms with E-state index in [1.165, 1.54) is 11.3 Å². The molecule has 0 aliphatic carbocycles. The third kappa shape index (κ3) is 4.87. The molecule has 1 amide bonds. The van der Waals surface area contributed by atoms with Crippen molar-refractivity contribution in [1.82, 2.24) is 9.88 Å². The van der Waals surface area contributed by atoms with Crippen LogP contribution in [0.1, 0.15) is 55.0 Å². The lowest BCUT2D eigenvalue weighted by molar-refractivity contribution is 0.0316. The number of rotatable bonds is 6. The van der Waals surface area contributed by atoms with Crippen LogP contribution in [0.25, 0.3) is 0 Å². The molecule has 0 atom stereocenters. The molecule has 0 radical (unpaired) electrons. The largest absolute Gasteiger partial charge is 0.389 e. The van der Waals surface area contributed by atoms with Crippen molar-refractivity contribution in [2.24, 2.45) is 5.92 Å². The molecule has 1 aromatic heterocycles. The van der Waals surface area contributed by atoms with E-state index >= 15 is 0 Å². The lowest BCUT2D eigenvalue weighted by Gasteiger charge is -2.27. The Labute approximate surface area is 125 Å². The van der Waals surface area contributed by atoms with Crippen molar-refractivity contribution in [3.05, 3.63) is 15.6 Å². The van der Waals surface area contributed by atoms with Gasteiger partial charge in [0.05, 0.1) is 16.3 Å². The SMILES string of the molecule is CCN(CC(C)(C)O)C(=O)c1sc(CC(C)C)nc1C. The minimum absolute atomic E-state index is 0.0281. The number of likely N-dealkylation sites (N-methyl/N-ethyl adjacent to an activating group) is 1. The number of aryl methyl sites for hydroxylation is 1. The lowest BCUT2D eigenvalue weighted by atomic mass is 10.1. The minimum Gasteiger partial charge on any atom is -0.389 e. The van der Waals surface area contributed by atoms with Crippen LogP contribution in [0.5, 0.6) is 0 Å². The summed E-state index contributed by atoms with van der Waals surface area (Å²) in [5.41, 5.74) is -0.0877. The van der Waals surface area contributed by atoms with Gasteiger partial charge in [-0.1, -0.05) is 13.8 Å². The second kappa shape index (κ2) is 6.68. The number of hydrogen-bond acceptors (Lipinski definition) is 4. The Morgan fingerprint density at radius 3 is 2.50 bits per heavy atom. The second-order valence-electron chi connectivity index (χ2n) is 6.25. The van der Waals surface area contributed by atoms with Gasteiger partial charge in [-0.05, 0) is 33.6 Å². The molecule has 20 heavy (non-hydrogen) atoms. The highest BCUT2D eigenvalue weighted by Crippen LogP contribution is 2.23. The van der Waals surface area contributed by atoms with Crippen LogP contribution < -0.4 is 0 Å². The molecule has 0 aromatic carbocycles. The number of carbonyl (C=O) groups excluding carboxylic acids is 1. The van der Waals surface area contributed by atoms with Crippen LogP contribution in [-0.4, -0.2) is 39.6 Å². The first kappa shape index (κ1) is 17.1. The van der Waals surface area contributed by atoms with E-state index in [9.17, 15) is 9.90 Å². The Morgan fingerprint density at radius 2 is 2.05 bits per heavy atom. The summed E-state index contributed by atoms with van der Waals surface area (Å²) in [5.74, 6) is 0.502. The number of aliphatic hydroxyl groups is 1. The third-order valence-electron chi connectivity index (χ3n) is 2.86. The Bertz CT molecular complexity index is 461. The van der Waals surface area contributed by atoms with Crippen molar-refractivity contribution in [2.75, 3.05) is 13.1 Å². The minimum atomic E-state index is -0.884. The summed E-state index contributed by atoms with van der Waals surface area (Å²) in [6, 6.07) is 0. The highest BCUT2D eigenvalue weighted by Gasteiger charge is 2.25. The molecule has 0 saturated carbocycles. The Morgan fingerprint density at radius 1 is 1.45 bits per heavy atom. The number of thiazole rings is 1. The second-order valence-corrected chi connectivity index (χ2v) is 7.34. The van der Waals surface area contributed by atoms with Crippen LogP contribution in [0.4, 0.5) is 0 Å². The molecule has 0 saturated heterocycles. The topological polar surface area (TPSA) is 53.4 Å². The molecule has 1 rings (SSSR count). The fourth-order valence-electron chi connectivity index (χ4n) is 2.03. The zero-order valence-corrected chi connectivity index (χ0v) is 14.2. The predicted octanol–water partition coefficient (Wildman–Crippen LogP) is 2.88. The Balaban J connectivity index is 2.92. The highest BCUT2D eigenvalue weighted by atomic mass is 32.1. The molecule has 0 aliphatic heterocycles. The first-order valence-electron chi connectivity index (χ1n) is 7.12. The molecule has 1 N–H and O–H groups in total. The maximum absolute atomic E-state index is 12.6. The van der Waals surface area contributed by atoms with E-state index in [1.54, 1.807) is 18.7 Å². The fraction of sp³-hybridized carbons (Fsp3) is 0.733. The average molecular weight is 298 g/mol. The molecule has 0 fully saturated rings. The quantitative estimate of drug-likeness (QED) is 0.878. The smallest absolute Gasteiger partial charge is 0.265 e. The monoisotopic (exact) mass is 298 g/mol. The molecular weight excluding hydrogens is 272 g/mol. The van der Waals surface area contributed by atoms with Crippen LogP contribution in [0.2, 0.25) is 0 Å². The van der Waals surface area contributed by atoms with Gasteiger partial charge >= 0.3 is 0 Å². The van der Waals surface area contributed by atoms with Crippen LogP contribution in [-0.2, 0) is 6.42 Å². The van der Waals surface area contributed by atoms with Crippen molar-refractivity contribution < 1.29 is 9.90 Å². The fourth-order valence-corrected chi connectivity index (χ4v) is 3.27. The molecule has 1 aromatic rings. The van der Waals surface area contributed by atoms with E-state index in [0.717, 1.165) is 17.1 Å². The Kier molecular flexibility index (Phi) is 5.71. The van der Waals surface area contributed by atoms with E-state index in [1.807, 2.05) is 13.8 Å². The molecule has 0 bridgehead atoms. The van der Waals surface area contributed by atoms with E-state index < -0.39 is 5.60 Å². The van der Waals surface area contributed by atoms with Crippen LogP contribution in [0.3, 0.4) is 0 Å². The predicted molar refractivity (Wildman–Crippen MR) is 83.3 cm³/mol. The molecule has 1 heterocycles. The van der Waals surface area contributed by atoms with Gasteiger partial charge in [0.1, 0.15) is 4.88 Å². The number of amides is 1. The van der Waals surface area contributed by atoms with Crippen LogP contribution >= 0.6 is 11.3 Å². The van der Waals surface area contributed by atoms with E-state index in [4.69, 9.17) is 0 Å².